The zero-order valence-corrected chi connectivity index (χ0v) is 10.8. The van der Waals surface area contributed by atoms with Gasteiger partial charge in [-0.1, -0.05) is 25.9 Å². The first-order valence-electron chi connectivity index (χ1n) is 6.38. The fraction of sp³-hybridized carbons (Fsp3) is 0.833. The third kappa shape index (κ3) is 3.04. The highest BCUT2D eigenvalue weighted by molar-refractivity contribution is 4.96. The van der Waals surface area contributed by atoms with Crippen LogP contribution in [-0.4, -0.2) is 41.3 Å². The van der Waals surface area contributed by atoms with E-state index in [2.05, 4.69) is 22.0 Å². The van der Waals surface area contributed by atoms with E-state index < -0.39 is 0 Å². The van der Waals surface area contributed by atoms with Gasteiger partial charge in [-0.05, 0) is 13.0 Å². The van der Waals surface area contributed by atoms with Gasteiger partial charge in [-0.3, -0.25) is 4.90 Å². The molecule has 1 aliphatic heterocycles. The van der Waals surface area contributed by atoms with Gasteiger partial charge in [-0.25, -0.2) is 0 Å². The van der Waals surface area contributed by atoms with E-state index in [9.17, 15) is 0 Å². The van der Waals surface area contributed by atoms with Crippen molar-refractivity contribution in [3.8, 4) is 0 Å². The summed E-state index contributed by atoms with van der Waals surface area (Å²) in [5.41, 5.74) is 0. The van der Waals surface area contributed by atoms with E-state index in [1.54, 1.807) is 0 Å². The zero-order valence-electron chi connectivity index (χ0n) is 10.8. The first kappa shape index (κ1) is 12.5. The van der Waals surface area contributed by atoms with Gasteiger partial charge in [0.1, 0.15) is 6.10 Å². The van der Waals surface area contributed by atoms with Crippen molar-refractivity contribution < 1.29 is 9.26 Å². The van der Waals surface area contributed by atoms with Crippen molar-refractivity contribution in [2.45, 2.75) is 39.2 Å². The average molecular weight is 239 g/mol. The van der Waals surface area contributed by atoms with Crippen molar-refractivity contribution in [3.05, 3.63) is 11.7 Å². The lowest BCUT2D eigenvalue weighted by molar-refractivity contribution is -0.0350. The van der Waals surface area contributed by atoms with E-state index in [1.807, 2.05) is 13.8 Å². The van der Waals surface area contributed by atoms with Crippen molar-refractivity contribution in [2.75, 3.05) is 26.2 Å². The Morgan fingerprint density at radius 2 is 2.29 bits per heavy atom. The molecule has 17 heavy (non-hydrogen) atoms. The Morgan fingerprint density at radius 3 is 2.94 bits per heavy atom. The molecule has 96 valence electrons. The second-order valence-corrected chi connectivity index (χ2v) is 4.81. The molecule has 1 fully saturated rings. The quantitative estimate of drug-likeness (QED) is 0.804. The first-order valence-corrected chi connectivity index (χ1v) is 6.38. The molecule has 2 heterocycles. The first-order chi connectivity index (χ1) is 8.20. The SMILES string of the molecule is CCCN1CCO[C@H](c2noc(C(C)C)n2)C1. The van der Waals surface area contributed by atoms with Crippen LogP contribution in [0.1, 0.15) is 50.9 Å². The molecular weight excluding hydrogens is 218 g/mol. The fourth-order valence-electron chi connectivity index (χ4n) is 1.99. The van der Waals surface area contributed by atoms with E-state index in [-0.39, 0.29) is 12.0 Å². The molecule has 5 nitrogen and oxygen atoms in total. The van der Waals surface area contributed by atoms with Crippen molar-refractivity contribution in [1.29, 1.82) is 0 Å². The van der Waals surface area contributed by atoms with Gasteiger partial charge in [0.15, 0.2) is 0 Å². The van der Waals surface area contributed by atoms with Gasteiger partial charge < -0.3 is 9.26 Å². The van der Waals surface area contributed by atoms with E-state index >= 15 is 0 Å². The Balaban J connectivity index is 2.00. The van der Waals surface area contributed by atoms with Crippen LogP contribution in [0.5, 0.6) is 0 Å². The standard InChI is InChI=1S/C12H21N3O2/c1-4-5-15-6-7-16-10(8-15)11-13-12(9(2)3)17-14-11/h9-10H,4-8H2,1-3H3/t10-/m0/s1. The molecule has 1 saturated heterocycles. The van der Waals surface area contributed by atoms with Crippen LogP contribution < -0.4 is 0 Å². The average Bonchev–Trinajstić information content (AvgIpc) is 2.79. The van der Waals surface area contributed by atoms with Gasteiger partial charge in [-0.2, -0.15) is 4.98 Å². The van der Waals surface area contributed by atoms with Crippen molar-refractivity contribution in [2.24, 2.45) is 0 Å². The summed E-state index contributed by atoms with van der Waals surface area (Å²) in [5, 5.41) is 4.02. The molecule has 0 saturated carbocycles. The molecule has 0 spiro atoms. The molecule has 0 unspecified atom stereocenters. The molecule has 2 rings (SSSR count). The Kier molecular flexibility index (Phi) is 4.12. The summed E-state index contributed by atoms with van der Waals surface area (Å²) < 4.78 is 10.9. The summed E-state index contributed by atoms with van der Waals surface area (Å²) in [4.78, 5) is 6.79. The monoisotopic (exact) mass is 239 g/mol. The minimum absolute atomic E-state index is 0.0356. The van der Waals surface area contributed by atoms with Gasteiger partial charge in [0.2, 0.25) is 11.7 Å². The number of aromatic nitrogens is 2. The summed E-state index contributed by atoms with van der Waals surface area (Å²) >= 11 is 0. The highest BCUT2D eigenvalue weighted by atomic mass is 16.5. The topological polar surface area (TPSA) is 51.4 Å². The van der Waals surface area contributed by atoms with Crippen LogP contribution in [0.2, 0.25) is 0 Å². The van der Waals surface area contributed by atoms with Gasteiger partial charge in [0.05, 0.1) is 6.61 Å². The Bertz CT molecular complexity index is 349. The number of hydrogen-bond acceptors (Lipinski definition) is 5. The van der Waals surface area contributed by atoms with Crippen LogP contribution >= 0.6 is 0 Å². The number of ether oxygens (including phenoxy) is 1. The highest BCUT2D eigenvalue weighted by Crippen LogP contribution is 2.21. The third-order valence-electron chi connectivity index (χ3n) is 2.93. The minimum atomic E-state index is -0.0356. The van der Waals surface area contributed by atoms with E-state index in [4.69, 9.17) is 9.26 Å². The number of nitrogens with zero attached hydrogens (tertiary/aromatic N) is 3. The molecule has 0 bridgehead atoms. The molecule has 0 radical (unpaired) electrons. The maximum absolute atomic E-state index is 5.71. The van der Waals surface area contributed by atoms with E-state index in [1.165, 1.54) is 0 Å². The van der Waals surface area contributed by atoms with Crippen molar-refractivity contribution in [3.63, 3.8) is 0 Å². The predicted molar refractivity (Wildman–Crippen MR) is 63.8 cm³/mol. The van der Waals surface area contributed by atoms with Gasteiger partial charge in [0, 0.05) is 19.0 Å². The van der Waals surface area contributed by atoms with Crippen LogP contribution in [0, 0.1) is 0 Å². The maximum Gasteiger partial charge on any atom is 0.229 e. The smallest absolute Gasteiger partial charge is 0.229 e. The third-order valence-corrected chi connectivity index (χ3v) is 2.93. The van der Waals surface area contributed by atoms with Gasteiger partial charge >= 0.3 is 0 Å². The van der Waals surface area contributed by atoms with Gasteiger partial charge in [-0.15, -0.1) is 0 Å². The summed E-state index contributed by atoms with van der Waals surface area (Å²) in [6.07, 6.45) is 1.13. The largest absolute Gasteiger partial charge is 0.367 e. The minimum Gasteiger partial charge on any atom is -0.367 e. The molecule has 1 aromatic rings. The zero-order chi connectivity index (χ0) is 12.3. The maximum atomic E-state index is 5.71. The Morgan fingerprint density at radius 1 is 1.47 bits per heavy atom. The normalized spacial score (nSPS) is 22.2. The lowest BCUT2D eigenvalue weighted by atomic mass is 10.2. The highest BCUT2D eigenvalue weighted by Gasteiger charge is 2.26. The molecule has 0 amide bonds. The lowest BCUT2D eigenvalue weighted by Gasteiger charge is -2.30. The fourth-order valence-corrected chi connectivity index (χ4v) is 1.99. The van der Waals surface area contributed by atoms with E-state index in [0.29, 0.717) is 11.7 Å². The van der Waals surface area contributed by atoms with Gasteiger partial charge in [0.25, 0.3) is 0 Å². The van der Waals surface area contributed by atoms with Crippen LogP contribution in [0.25, 0.3) is 0 Å². The Labute approximate surface area is 102 Å². The second kappa shape index (κ2) is 5.60. The second-order valence-electron chi connectivity index (χ2n) is 4.81. The summed E-state index contributed by atoms with van der Waals surface area (Å²) in [6.45, 7) is 10.00. The molecule has 1 atom stereocenters. The molecule has 5 heteroatoms. The number of rotatable bonds is 4. The molecule has 0 aromatic carbocycles. The van der Waals surface area contributed by atoms with Crippen LogP contribution in [0.4, 0.5) is 0 Å². The lowest BCUT2D eigenvalue weighted by Crippen LogP contribution is -2.39. The molecule has 1 aliphatic rings. The molecule has 1 aromatic heterocycles. The van der Waals surface area contributed by atoms with Crippen LogP contribution in [0.3, 0.4) is 0 Å². The molecular formula is C12H21N3O2. The number of hydrogen-bond donors (Lipinski definition) is 0. The Hall–Kier alpha value is -0.940. The van der Waals surface area contributed by atoms with Crippen LogP contribution in [-0.2, 0) is 4.74 Å². The van der Waals surface area contributed by atoms with Crippen LogP contribution in [0.15, 0.2) is 4.52 Å². The molecule has 0 aliphatic carbocycles. The molecule has 0 N–H and O–H groups in total. The van der Waals surface area contributed by atoms with Crippen molar-refractivity contribution >= 4 is 0 Å². The van der Waals surface area contributed by atoms with E-state index in [0.717, 1.165) is 32.7 Å². The number of morpholine rings is 1. The summed E-state index contributed by atoms with van der Waals surface area (Å²) in [6, 6.07) is 0. The summed E-state index contributed by atoms with van der Waals surface area (Å²) in [5.74, 6) is 1.65. The summed E-state index contributed by atoms with van der Waals surface area (Å²) in [7, 11) is 0. The van der Waals surface area contributed by atoms with Crippen molar-refractivity contribution in [1.82, 2.24) is 15.0 Å². The predicted octanol–water partition coefficient (Wildman–Crippen LogP) is 1.98.